The first-order valence-electron chi connectivity index (χ1n) is 9.78. The number of aryl methyl sites for hydroxylation is 1. The molecule has 0 radical (unpaired) electrons. The van der Waals surface area contributed by atoms with Crippen molar-refractivity contribution < 1.29 is 18.0 Å². The van der Waals surface area contributed by atoms with Crippen LogP contribution in [0.1, 0.15) is 35.3 Å². The summed E-state index contributed by atoms with van der Waals surface area (Å²) in [6, 6.07) is 16.3. The monoisotopic (exact) mass is 438 g/mol. The smallest absolute Gasteiger partial charge is 0.314 e. The third kappa shape index (κ3) is 4.36. The molecule has 0 unspecified atom stereocenters. The summed E-state index contributed by atoms with van der Waals surface area (Å²) in [5.74, 6) is -1.93. The standard InChI is InChI=1S/C22H22N4O4S/c1-14-8-10-17(11-9-14)26-20(18-12-31(29,30)13-19(18)25-26)24-22(28)21(27)23-15(2)16-6-4-3-5-7-16/h3-11,15H,12-13H2,1-2H3,(H,23,27)(H,24,28)/t15-/m1/s1. The van der Waals surface area contributed by atoms with Crippen molar-refractivity contribution in [3.8, 4) is 5.69 Å². The Morgan fingerprint density at radius 1 is 1.00 bits per heavy atom. The molecule has 0 bridgehead atoms. The molecule has 0 aliphatic carbocycles. The lowest BCUT2D eigenvalue weighted by Gasteiger charge is -2.15. The van der Waals surface area contributed by atoms with Gasteiger partial charge in [-0.05, 0) is 31.5 Å². The summed E-state index contributed by atoms with van der Waals surface area (Å²) in [5.41, 5.74) is 3.36. The molecular weight excluding hydrogens is 416 g/mol. The van der Waals surface area contributed by atoms with Crippen molar-refractivity contribution in [3.63, 3.8) is 0 Å². The van der Waals surface area contributed by atoms with E-state index in [1.54, 1.807) is 6.92 Å². The maximum Gasteiger partial charge on any atom is 0.314 e. The molecule has 1 aliphatic heterocycles. The number of fused-ring (bicyclic) bond motifs is 1. The van der Waals surface area contributed by atoms with E-state index in [1.807, 2.05) is 61.5 Å². The van der Waals surface area contributed by atoms with Crippen LogP contribution < -0.4 is 10.6 Å². The van der Waals surface area contributed by atoms with Gasteiger partial charge >= 0.3 is 11.8 Å². The zero-order valence-electron chi connectivity index (χ0n) is 17.1. The van der Waals surface area contributed by atoms with Crippen molar-refractivity contribution in [1.82, 2.24) is 15.1 Å². The van der Waals surface area contributed by atoms with Crippen molar-refractivity contribution in [2.75, 3.05) is 5.32 Å². The molecule has 2 aromatic carbocycles. The van der Waals surface area contributed by atoms with E-state index < -0.39 is 21.7 Å². The highest BCUT2D eigenvalue weighted by Gasteiger charge is 2.34. The van der Waals surface area contributed by atoms with E-state index in [1.165, 1.54) is 4.68 Å². The molecule has 3 aromatic rings. The van der Waals surface area contributed by atoms with Crippen LogP contribution in [0.2, 0.25) is 0 Å². The fourth-order valence-corrected chi connectivity index (χ4v) is 4.99. The normalized spacial score (nSPS) is 15.2. The van der Waals surface area contributed by atoms with E-state index in [0.29, 0.717) is 16.9 Å². The SMILES string of the molecule is Cc1ccc(-n2nc3c(c2NC(=O)C(=O)N[C@H](C)c2ccccc2)CS(=O)(=O)C3)cc1. The van der Waals surface area contributed by atoms with Gasteiger partial charge in [0.1, 0.15) is 5.82 Å². The van der Waals surface area contributed by atoms with Crippen LogP contribution in [0.4, 0.5) is 5.82 Å². The van der Waals surface area contributed by atoms with Crippen molar-refractivity contribution in [1.29, 1.82) is 0 Å². The average Bonchev–Trinajstić information content (AvgIpc) is 3.21. The minimum absolute atomic E-state index is 0.193. The lowest BCUT2D eigenvalue weighted by Crippen LogP contribution is -2.37. The molecule has 160 valence electrons. The number of sulfone groups is 1. The van der Waals surface area contributed by atoms with E-state index in [2.05, 4.69) is 15.7 Å². The molecule has 9 heteroatoms. The summed E-state index contributed by atoms with van der Waals surface area (Å²) in [7, 11) is -3.33. The van der Waals surface area contributed by atoms with Gasteiger partial charge in [-0.25, -0.2) is 13.1 Å². The minimum atomic E-state index is -3.33. The summed E-state index contributed by atoms with van der Waals surface area (Å²) in [5, 5.41) is 9.64. The van der Waals surface area contributed by atoms with Gasteiger partial charge in [-0.2, -0.15) is 5.10 Å². The van der Waals surface area contributed by atoms with E-state index in [-0.39, 0.29) is 23.4 Å². The van der Waals surface area contributed by atoms with Gasteiger partial charge in [0.05, 0.1) is 28.9 Å². The molecule has 4 rings (SSSR count). The van der Waals surface area contributed by atoms with Gasteiger partial charge in [0.15, 0.2) is 9.84 Å². The van der Waals surface area contributed by atoms with Crippen LogP contribution in [-0.2, 0) is 30.9 Å². The molecule has 0 saturated heterocycles. The lowest BCUT2D eigenvalue weighted by atomic mass is 10.1. The molecule has 1 aromatic heterocycles. The highest BCUT2D eigenvalue weighted by molar-refractivity contribution is 7.90. The van der Waals surface area contributed by atoms with Gasteiger partial charge in [-0.3, -0.25) is 9.59 Å². The fourth-order valence-electron chi connectivity index (χ4n) is 3.50. The quantitative estimate of drug-likeness (QED) is 0.608. The van der Waals surface area contributed by atoms with E-state index in [9.17, 15) is 18.0 Å². The van der Waals surface area contributed by atoms with E-state index in [4.69, 9.17) is 0 Å². The van der Waals surface area contributed by atoms with E-state index in [0.717, 1.165) is 11.1 Å². The summed E-state index contributed by atoms with van der Waals surface area (Å²) in [4.78, 5) is 25.2. The molecule has 1 atom stereocenters. The molecule has 0 fully saturated rings. The Morgan fingerprint density at radius 2 is 1.68 bits per heavy atom. The molecule has 0 spiro atoms. The molecule has 2 heterocycles. The molecular formula is C22H22N4O4S. The Balaban J connectivity index is 1.60. The second kappa shape index (κ2) is 7.99. The maximum absolute atomic E-state index is 12.7. The molecule has 1 aliphatic rings. The minimum Gasteiger partial charge on any atom is -0.341 e. The first-order valence-corrected chi connectivity index (χ1v) is 11.6. The van der Waals surface area contributed by atoms with Crippen LogP contribution >= 0.6 is 0 Å². The fraction of sp³-hybridized carbons (Fsp3) is 0.227. The van der Waals surface area contributed by atoms with Gasteiger partial charge in [0.2, 0.25) is 0 Å². The number of carbonyl (C=O) groups excluding carboxylic acids is 2. The Bertz CT molecular complexity index is 1250. The van der Waals surface area contributed by atoms with Crippen molar-refractivity contribution >= 4 is 27.5 Å². The number of nitrogens with zero attached hydrogens (tertiary/aromatic N) is 2. The number of nitrogens with one attached hydrogen (secondary N) is 2. The Labute approximate surface area is 180 Å². The summed E-state index contributed by atoms with van der Waals surface area (Å²) < 4.78 is 25.6. The number of anilines is 1. The van der Waals surface area contributed by atoms with Crippen LogP contribution in [0, 0.1) is 6.92 Å². The van der Waals surface area contributed by atoms with Crippen LogP contribution in [0.3, 0.4) is 0 Å². The Hall–Kier alpha value is -3.46. The van der Waals surface area contributed by atoms with Crippen LogP contribution in [0.5, 0.6) is 0 Å². The summed E-state index contributed by atoms with van der Waals surface area (Å²) >= 11 is 0. The largest absolute Gasteiger partial charge is 0.341 e. The van der Waals surface area contributed by atoms with Gasteiger partial charge in [0.25, 0.3) is 0 Å². The van der Waals surface area contributed by atoms with Crippen molar-refractivity contribution in [2.45, 2.75) is 31.4 Å². The number of hydrogen-bond donors (Lipinski definition) is 2. The number of benzene rings is 2. The highest BCUT2D eigenvalue weighted by atomic mass is 32.2. The zero-order chi connectivity index (χ0) is 22.2. The average molecular weight is 439 g/mol. The second-order valence-corrected chi connectivity index (χ2v) is 9.68. The van der Waals surface area contributed by atoms with Gasteiger partial charge in [-0.1, -0.05) is 48.0 Å². The lowest BCUT2D eigenvalue weighted by molar-refractivity contribution is -0.136. The topological polar surface area (TPSA) is 110 Å². The predicted octanol–water partition coefficient (Wildman–Crippen LogP) is 2.43. The maximum atomic E-state index is 12.7. The highest BCUT2D eigenvalue weighted by Crippen LogP contribution is 2.33. The number of rotatable bonds is 4. The van der Waals surface area contributed by atoms with Crippen LogP contribution in [0.25, 0.3) is 5.69 Å². The Kier molecular flexibility index (Phi) is 5.36. The zero-order valence-corrected chi connectivity index (χ0v) is 17.9. The third-order valence-electron chi connectivity index (χ3n) is 5.15. The van der Waals surface area contributed by atoms with Crippen molar-refractivity contribution in [3.05, 3.63) is 77.0 Å². The van der Waals surface area contributed by atoms with E-state index >= 15 is 0 Å². The van der Waals surface area contributed by atoms with Crippen molar-refractivity contribution in [2.24, 2.45) is 0 Å². The van der Waals surface area contributed by atoms with Gasteiger partial charge < -0.3 is 10.6 Å². The molecule has 0 saturated carbocycles. The number of amides is 2. The van der Waals surface area contributed by atoms with Crippen LogP contribution in [0.15, 0.2) is 54.6 Å². The number of aromatic nitrogens is 2. The first kappa shape index (κ1) is 20.8. The molecule has 2 amide bonds. The summed E-state index contributed by atoms with van der Waals surface area (Å²) in [6.45, 7) is 3.72. The van der Waals surface area contributed by atoms with Gasteiger partial charge in [0, 0.05) is 5.56 Å². The third-order valence-corrected chi connectivity index (χ3v) is 6.59. The predicted molar refractivity (Wildman–Crippen MR) is 116 cm³/mol. The second-order valence-electron chi connectivity index (χ2n) is 7.61. The molecule has 8 nitrogen and oxygen atoms in total. The molecule has 31 heavy (non-hydrogen) atoms. The number of carbonyl (C=O) groups is 2. The molecule has 2 N–H and O–H groups in total. The summed E-state index contributed by atoms with van der Waals surface area (Å²) in [6.07, 6.45) is 0. The van der Waals surface area contributed by atoms with Gasteiger partial charge in [-0.15, -0.1) is 0 Å². The van der Waals surface area contributed by atoms with Crippen LogP contribution in [-0.4, -0.2) is 30.0 Å². The number of hydrogen-bond acceptors (Lipinski definition) is 5. The Morgan fingerprint density at radius 3 is 2.35 bits per heavy atom. The first-order chi connectivity index (χ1) is 14.7.